The molecule has 9 nitrogen and oxygen atoms in total. The van der Waals surface area contributed by atoms with Gasteiger partial charge in [0.1, 0.15) is 11.7 Å². The highest BCUT2D eigenvalue weighted by Crippen LogP contribution is 2.62. The van der Waals surface area contributed by atoms with E-state index in [1.54, 1.807) is 27.7 Å². The monoisotopic (exact) mass is 468 g/mol. The van der Waals surface area contributed by atoms with Gasteiger partial charge in [-0.1, -0.05) is 6.92 Å². The number of ether oxygens (including phenoxy) is 3. The third kappa shape index (κ3) is 3.54. The Hall–Kier alpha value is -1.84. The molecule has 0 unspecified atom stereocenters. The molecule has 1 spiro atoms. The smallest absolute Gasteiger partial charge is 0.311 e. The average Bonchev–Trinajstić information content (AvgIpc) is 2.95. The number of hydrogen-bond acceptors (Lipinski definition) is 9. The molecule has 5 atom stereocenters. The van der Waals surface area contributed by atoms with E-state index in [9.17, 15) is 29.4 Å². The molecular formula is C24H36O9. The van der Waals surface area contributed by atoms with Crippen LogP contribution in [0, 0.1) is 10.8 Å². The van der Waals surface area contributed by atoms with Crippen LogP contribution in [-0.2, 0) is 33.4 Å². The van der Waals surface area contributed by atoms with Gasteiger partial charge in [-0.2, -0.15) is 0 Å². The van der Waals surface area contributed by atoms with Crippen molar-refractivity contribution in [3.63, 3.8) is 0 Å². The number of fused-ring (bicyclic) bond motifs is 2. The van der Waals surface area contributed by atoms with E-state index in [0.717, 1.165) is 6.92 Å². The predicted molar refractivity (Wildman–Crippen MR) is 115 cm³/mol. The molecule has 3 rings (SSSR count). The molecule has 0 aromatic carbocycles. The highest BCUT2D eigenvalue weighted by Gasteiger charge is 2.78. The number of Topliss-reactive ketones (excluding diaryl/α,β-unsaturated/α-hetero) is 2. The third-order valence-electron chi connectivity index (χ3n) is 7.84. The Kier molecular flexibility index (Phi) is 5.92. The molecule has 0 aromatic heterocycles. The normalized spacial score (nSPS) is 39.4. The summed E-state index contributed by atoms with van der Waals surface area (Å²) in [7, 11) is 0. The van der Waals surface area contributed by atoms with Gasteiger partial charge in [0.05, 0.1) is 11.8 Å². The van der Waals surface area contributed by atoms with Gasteiger partial charge in [-0.25, -0.2) is 0 Å². The molecule has 2 aliphatic carbocycles. The number of aliphatic hydroxyl groups is 2. The van der Waals surface area contributed by atoms with Crippen LogP contribution in [0.2, 0.25) is 0 Å². The van der Waals surface area contributed by atoms with Gasteiger partial charge in [0.25, 0.3) is 5.79 Å². The number of carbonyl (C=O) groups is 4. The summed E-state index contributed by atoms with van der Waals surface area (Å²) in [4.78, 5) is 50.7. The number of rotatable bonds is 3. The van der Waals surface area contributed by atoms with Crippen LogP contribution in [0.5, 0.6) is 0 Å². The minimum Gasteiger partial charge on any atom is -0.461 e. The molecule has 0 aromatic rings. The fourth-order valence-electron chi connectivity index (χ4n) is 5.71. The standard InChI is InChI=1S/C24H36O9/c1-14(25)32-20(5,6)24(30)16(27)13-22(33-24)15(26)10-12-21(7)17(9-8-11-23(21,22)29)31-18(28)19(2,3)4/h17,29-30H,8-13H2,1-7H3/t17-,21+,22+,23-,24+/m0/s1. The van der Waals surface area contributed by atoms with E-state index in [-0.39, 0.29) is 19.3 Å². The van der Waals surface area contributed by atoms with E-state index in [1.165, 1.54) is 13.8 Å². The van der Waals surface area contributed by atoms with Crippen LogP contribution in [0.3, 0.4) is 0 Å². The van der Waals surface area contributed by atoms with Crippen LogP contribution >= 0.6 is 0 Å². The highest BCUT2D eigenvalue weighted by atomic mass is 16.7. The van der Waals surface area contributed by atoms with Gasteiger partial charge in [0, 0.05) is 18.8 Å². The van der Waals surface area contributed by atoms with E-state index in [0.29, 0.717) is 12.8 Å². The number of carbonyl (C=O) groups excluding carboxylic acids is 4. The fourth-order valence-corrected chi connectivity index (χ4v) is 5.71. The van der Waals surface area contributed by atoms with Crippen LogP contribution in [0.1, 0.15) is 87.0 Å². The molecule has 186 valence electrons. The second-order valence-corrected chi connectivity index (χ2v) is 11.5. The van der Waals surface area contributed by atoms with Crippen LogP contribution in [-0.4, -0.2) is 62.4 Å². The summed E-state index contributed by atoms with van der Waals surface area (Å²) < 4.78 is 16.9. The molecule has 1 heterocycles. The van der Waals surface area contributed by atoms with Crippen LogP contribution in [0.15, 0.2) is 0 Å². The lowest BCUT2D eigenvalue weighted by atomic mass is 9.49. The molecular weight excluding hydrogens is 432 g/mol. The van der Waals surface area contributed by atoms with Crippen LogP contribution in [0.4, 0.5) is 0 Å². The van der Waals surface area contributed by atoms with Gasteiger partial charge in [0.2, 0.25) is 0 Å². The van der Waals surface area contributed by atoms with Crippen molar-refractivity contribution in [3.8, 4) is 0 Å². The number of hydrogen-bond donors (Lipinski definition) is 2. The third-order valence-corrected chi connectivity index (χ3v) is 7.84. The summed E-state index contributed by atoms with van der Waals surface area (Å²) in [6, 6.07) is 0. The zero-order valence-corrected chi connectivity index (χ0v) is 20.6. The van der Waals surface area contributed by atoms with Crippen molar-refractivity contribution in [2.45, 2.75) is 116 Å². The first-order valence-electron chi connectivity index (χ1n) is 11.5. The number of esters is 2. The van der Waals surface area contributed by atoms with Crippen molar-refractivity contribution in [2.24, 2.45) is 10.8 Å². The van der Waals surface area contributed by atoms with Gasteiger partial charge in [0.15, 0.2) is 22.8 Å². The van der Waals surface area contributed by atoms with Gasteiger partial charge in [-0.15, -0.1) is 0 Å². The first kappa shape index (κ1) is 25.8. The molecule has 0 radical (unpaired) electrons. The van der Waals surface area contributed by atoms with E-state index in [2.05, 4.69) is 0 Å². The highest BCUT2D eigenvalue weighted by molar-refractivity contribution is 6.01. The molecule has 33 heavy (non-hydrogen) atoms. The van der Waals surface area contributed by atoms with Crippen molar-refractivity contribution >= 4 is 23.5 Å². The SMILES string of the molecule is CC(=O)OC(C)(C)[C@]1(O)O[C@]2(CC1=O)C(=O)CC[C@]1(C)[C@@H](OC(=O)C(C)(C)C)CCC[C@@]21O. The fraction of sp³-hybridized carbons (Fsp3) is 0.833. The molecule has 0 bridgehead atoms. The summed E-state index contributed by atoms with van der Waals surface area (Å²) in [6.07, 6.45) is -0.0409. The van der Waals surface area contributed by atoms with Gasteiger partial charge in [-0.3, -0.25) is 19.2 Å². The maximum absolute atomic E-state index is 13.3. The van der Waals surface area contributed by atoms with Crippen molar-refractivity contribution in [2.75, 3.05) is 0 Å². The Morgan fingerprint density at radius 1 is 1.06 bits per heavy atom. The topological polar surface area (TPSA) is 136 Å². The van der Waals surface area contributed by atoms with E-state index in [1.807, 2.05) is 0 Å². The lowest BCUT2D eigenvalue weighted by Crippen LogP contribution is -2.74. The second-order valence-electron chi connectivity index (χ2n) is 11.5. The molecule has 0 amide bonds. The first-order chi connectivity index (χ1) is 14.9. The quantitative estimate of drug-likeness (QED) is 0.596. The Morgan fingerprint density at radius 2 is 1.67 bits per heavy atom. The minimum atomic E-state index is -2.63. The van der Waals surface area contributed by atoms with E-state index < -0.39 is 69.5 Å². The largest absolute Gasteiger partial charge is 0.461 e. The summed E-state index contributed by atoms with van der Waals surface area (Å²) >= 11 is 0. The van der Waals surface area contributed by atoms with Crippen molar-refractivity contribution in [1.82, 2.24) is 0 Å². The lowest BCUT2D eigenvalue weighted by Gasteiger charge is -2.61. The van der Waals surface area contributed by atoms with Gasteiger partial charge >= 0.3 is 11.9 Å². The van der Waals surface area contributed by atoms with Crippen LogP contribution < -0.4 is 0 Å². The van der Waals surface area contributed by atoms with Gasteiger partial charge < -0.3 is 24.4 Å². The molecule has 3 aliphatic rings. The second kappa shape index (κ2) is 7.58. The Bertz CT molecular complexity index is 887. The summed E-state index contributed by atoms with van der Waals surface area (Å²) in [6.45, 7) is 10.7. The maximum atomic E-state index is 13.3. The number of ketones is 2. The molecule has 2 saturated carbocycles. The molecule has 1 saturated heterocycles. The van der Waals surface area contributed by atoms with Crippen molar-refractivity contribution in [3.05, 3.63) is 0 Å². The molecule has 2 N–H and O–H groups in total. The van der Waals surface area contributed by atoms with E-state index >= 15 is 0 Å². The molecule has 3 fully saturated rings. The average molecular weight is 469 g/mol. The van der Waals surface area contributed by atoms with Crippen molar-refractivity contribution < 1.29 is 43.6 Å². The Morgan fingerprint density at radius 3 is 2.21 bits per heavy atom. The van der Waals surface area contributed by atoms with E-state index in [4.69, 9.17) is 14.2 Å². The Labute approximate surface area is 194 Å². The molecule has 9 heteroatoms. The summed E-state index contributed by atoms with van der Waals surface area (Å²) in [5.74, 6) is -5.16. The zero-order chi connectivity index (χ0) is 25.3. The minimum absolute atomic E-state index is 0.0280. The summed E-state index contributed by atoms with van der Waals surface area (Å²) in [5.41, 5.74) is -7.60. The zero-order valence-electron chi connectivity index (χ0n) is 20.6. The Balaban J connectivity index is 2.07. The molecule has 1 aliphatic heterocycles. The first-order valence-corrected chi connectivity index (χ1v) is 11.5. The van der Waals surface area contributed by atoms with Gasteiger partial charge in [-0.05, 0) is 60.3 Å². The predicted octanol–water partition coefficient (Wildman–Crippen LogP) is 1.99. The maximum Gasteiger partial charge on any atom is 0.311 e. The summed E-state index contributed by atoms with van der Waals surface area (Å²) in [5, 5.41) is 23.4. The van der Waals surface area contributed by atoms with Crippen LogP contribution in [0.25, 0.3) is 0 Å². The lowest BCUT2D eigenvalue weighted by molar-refractivity contribution is -0.334. The van der Waals surface area contributed by atoms with Crippen molar-refractivity contribution in [1.29, 1.82) is 0 Å².